The van der Waals surface area contributed by atoms with E-state index in [1.165, 1.54) is 0 Å². The molecule has 1 atom stereocenters. The Morgan fingerprint density at radius 1 is 1.27 bits per heavy atom. The maximum atomic E-state index is 12.4. The van der Waals surface area contributed by atoms with Gasteiger partial charge < -0.3 is 9.32 Å². The zero-order valence-corrected chi connectivity index (χ0v) is 12.5. The highest BCUT2D eigenvalue weighted by Gasteiger charge is 2.41. The third-order valence-corrected chi connectivity index (χ3v) is 4.18. The Hall–Kier alpha value is -2.53. The van der Waals surface area contributed by atoms with Crippen LogP contribution < -0.4 is 0 Å². The molecule has 0 bridgehead atoms. The molecular formula is C16H12ClN3O2. The number of furan rings is 1. The first-order chi connectivity index (χ1) is 10.7. The fourth-order valence-corrected chi connectivity index (χ4v) is 3.00. The van der Waals surface area contributed by atoms with Crippen LogP contribution in [0.5, 0.6) is 0 Å². The SMILES string of the molecule is CN1C(=O)c2[nH]nc(-c3ccc(Cl)cc3)c2[C@@H]1c1ccco1. The van der Waals surface area contributed by atoms with Crippen molar-refractivity contribution in [3.63, 3.8) is 0 Å². The standard InChI is InChI=1S/C16H12ClN3O2/c1-20-15(11-3-2-8-22-11)12-13(18-19-14(12)16(20)21)9-4-6-10(17)7-5-9/h2-8,15H,1H3,(H,18,19)/t15-/m0/s1. The number of rotatable bonds is 2. The molecule has 0 aliphatic carbocycles. The van der Waals surface area contributed by atoms with Crippen molar-refractivity contribution in [1.82, 2.24) is 15.1 Å². The highest BCUT2D eigenvalue weighted by molar-refractivity contribution is 6.30. The molecule has 1 aliphatic rings. The molecule has 3 heterocycles. The Balaban J connectivity index is 1.90. The predicted molar refractivity (Wildman–Crippen MR) is 81.7 cm³/mol. The molecule has 1 amide bonds. The number of amides is 1. The summed E-state index contributed by atoms with van der Waals surface area (Å²) in [5.41, 5.74) is 2.99. The van der Waals surface area contributed by atoms with E-state index in [9.17, 15) is 4.79 Å². The van der Waals surface area contributed by atoms with Crippen LogP contribution in [0.2, 0.25) is 5.02 Å². The second-order valence-corrected chi connectivity index (χ2v) is 5.64. The summed E-state index contributed by atoms with van der Waals surface area (Å²) in [6.07, 6.45) is 1.60. The minimum absolute atomic E-state index is 0.0934. The van der Waals surface area contributed by atoms with Crippen molar-refractivity contribution in [2.24, 2.45) is 0 Å². The first-order valence-corrected chi connectivity index (χ1v) is 7.19. The van der Waals surface area contributed by atoms with Crippen molar-refractivity contribution in [2.45, 2.75) is 6.04 Å². The van der Waals surface area contributed by atoms with Crippen LogP contribution in [0, 0.1) is 0 Å². The van der Waals surface area contributed by atoms with Gasteiger partial charge in [-0.2, -0.15) is 5.10 Å². The van der Waals surface area contributed by atoms with Crippen LogP contribution in [0.25, 0.3) is 11.3 Å². The smallest absolute Gasteiger partial charge is 0.272 e. The van der Waals surface area contributed by atoms with Gasteiger partial charge in [0, 0.05) is 23.2 Å². The Morgan fingerprint density at radius 3 is 2.73 bits per heavy atom. The number of hydrogen-bond donors (Lipinski definition) is 1. The van der Waals surface area contributed by atoms with Crippen LogP contribution in [0.15, 0.2) is 47.1 Å². The number of aromatic nitrogens is 2. The molecule has 22 heavy (non-hydrogen) atoms. The van der Waals surface area contributed by atoms with Gasteiger partial charge in [0.15, 0.2) is 0 Å². The number of nitrogens with one attached hydrogen (secondary N) is 1. The van der Waals surface area contributed by atoms with E-state index < -0.39 is 0 Å². The van der Waals surface area contributed by atoms with Crippen LogP contribution in [0.3, 0.4) is 0 Å². The van der Waals surface area contributed by atoms with Crippen molar-refractivity contribution < 1.29 is 9.21 Å². The molecular weight excluding hydrogens is 302 g/mol. The summed E-state index contributed by atoms with van der Waals surface area (Å²) in [6.45, 7) is 0. The molecule has 0 radical (unpaired) electrons. The first-order valence-electron chi connectivity index (χ1n) is 6.81. The van der Waals surface area contributed by atoms with Crippen molar-refractivity contribution in [1.29, 1.82) is 0 Å². The van der Waals surface area contributed by atoms with Gasteiger partial charge in [-0.25, -0.2) is 0 Å². The third kappa shape index (κ3) is 1.79. The molecule has 0 saturated carbocycles. The highest BCUT2D eigenvalue weighted by atomic mass is 35.5. The van der Waals surface area contributed by atoms with Gasteiger partial charge >= 0.3 is 0 Å². The molecule has 1 aliphatic heterocycles. The minimum atomic E-state index is -0.276. The number of carbonyl (C=O) groups excluding carboxylic acids is 1. The molecule has 110 valence electrons. The topological polar surface area (TPSA) is 62.1 Å². The Labute approximate surface area is 131 Å². The fourth-order valence-electron chi connectivity index (χ4n) is 2.87. The first kappa shape index (κ1) is 13.2. The third-order valence-electron chi connectivity index (χ3n) is 3.93. The van der Waals surface area contributed by atoms with Gasteiger partial charge in [0.05, 0.1) is 12.0 Å². The average Bonchev–Trinajstić information content (AvgIpc) is 3.21. The number of hydrogen-bond acceptors (Lipinski definition) is 3. The van der Waals surface area contributed by atoms with E-state index in [2.05, 4.69) is 10.2 Å². The van der Waals surface area contributed by atoms with E-state index in [1.807, 2.05) is 24.3 Å². The van der Waals surface area contributed by atoms with E-state index in [0.29, 0.717) is 16.5 Å². The van der Waals surface area contributed by atoms with Crippen molar-refractivity contribution >= 4 is 17.5 Å². The summed E-state index contributed by atoms with van der Waals surface area (Å²) in [5, 5.41) is 7.84. The molecule has 3 aromatic rings. The number of fused-ring (bicyclic) bond motifs is 1. The van der Waals surface area contributed by atoms with Crippen molar-refractivity contribution in [3.8, 4) is 11.3 Å². The summed E-state index contributed by atoms with van der Waals surface area (Å²) in [4.78, 5) is 14.0. The molecule has 0 spiro atoms. The summed E-state index contributed by atoms with van der Waals surface area (Å²) in [6, 6.07) is 10.8. The van der Waals surface area contributed by atoms with Gasteiger partial charge in [0.2, 0.25) is 0 Å². The minimum Gasteiger partial charge on any atom is -0.467 e. The summed E-state index contributed by atoms with van der Waals surface area (Å²) >= 11 is 5.94. The summed E-state index contributed by atoms with van der Waals surface area (Å²) < 4.78 is 5.52. The molecule has 0 fully saturated rings. The lowest BCUT2D eigenvalue weighted by Crippen LogP contribution is -2.24. The Kier molecular flexibility index (Phi) is 2.84. The van der Waals surface area contributed by atoms with Crippen LogP contribution in [0.4, 0.5) is 0 Å². The summed E-state index contributed by atoms with van der Waals surface area (Å²) in [7, 11) is 1.76. The van der Waals surface area contributed by atoms with E-state index in [0.717, 1.165) is 16.8 Å². The normalized spacial score (nSPS) is 17.1. The predicted octanol–water partition coefficient (Wildman–Crippen LogP) is 3.50. The quantitative estimate of drug-likeness (QED) is 0.787. The molecule has 0 saturated heterocycles. The van der Waals surface area contributed by atoms with E-state index in [-0.39, 0.29) is 11.9 Å². The lowest BCUT2D eigenvalue weighted by molar-refractivity contribution is 0.0777. The molecule has 0 unspecified atom stereocenters. The fraction of sp³-hybridized carbons (Fsp3) is 0.125. The van der Waals surface area contributed by atoms with Crippen LogP contribution >= 0.6 is 11.6 Å². The average molecular weight is 314 g/mol. The van der Waals surface area contributed by atoms with E-state index in [1.54, 1.807) is 30.3 Å². The van der Waals surface area contributed by atoms with Gasteiger partial charge in [0.1, 0.15) is 17.5 Å². The number of carbonyl (C=O) groups is 1. The van der Waals surface area contributed by atoms with E-state index >= 15 is 0 Å². The lowest BCUT2D eigenvalue weighted by Gasteiger charge is -2.19. The zero-order valence-electron chi connectivity index (χ0n) is 11.7. The Morgan fingerprint density at radius 2 is 2.05 bits per heavy atom. The van der Waals surface area contributed by atoms with Crippen LogP contribution in [-0.2, 0) is 0 Å². The monoisotopic (exact) mass is 313 g/mol. The van der Waals surface area contributed by atoms with Crippen molar-refractivity contribution in [2.75, 3.05) is 7.05 Å². The van der Waals surface area contributed by atoms with Gasteiger partial charge in [0.25, 0.3) is 5.91 Å². The molecule has 1 aromatic carbocycles. The van der Waals surface area contributed by atoms with Crippen LogP contribution in [0.1, 0.15) is 27.9 Å². The molecule has 5 nitrogen and oxygen atoms in total. The number of halogens is 1. The number of aromatic amines is 1. The number of H-pyrrole nitrogens is 1. The molecule has 6 heteroatoms. The molecule has 2 aromatic heterocycles. The van der Waals surface area contributed by atoms with Gasteiger partial charge in [-0.1, -0.05) is 23.7 Å². The largest absolute Gasteiger partial charge is 0.467 e. The van der Waals surface area contributed by atoms with Crippen molar-refractivity contribution in [3.05, 3.63) is 64.7 Å². The van der Waals surface area contributed by atoms with Gasteiger partial charge in [-0.15, -0.1) is 0 Å². The van der Waals surface area contributed by atoms with Crippen LogP contribution in [-0.4, -0.2) is 28.1 Å². The Bertz CT molecular complexity index is 837. The maximum absolute atomic E-state index is 12.4. The highest BCUT2D eigenvalue weighted by Crippen LogP contribution is 2.41. The maximum Gasteiger partial charge on any atom is 0.272 e. The van der Waals surface area contributed by atoms with E-state index in [4.69, 9.17) is 16.0 Å². The van der Waals surface area contributed by atoms with Gasteiger partial charge in [-0.3, -0.25) is 9.89 Å². The number of nitrogens with zero attached hydrogens (tertiary/aromatic N) is 2. The van der Waals surface area contributed by atoms with Gasteiger partial charge in [-0.05, 0) is 24.3 Å². The second kappa shape index (κ2) is 4.74. The lowest BCUT2D eigenvalue weighted by atomic mass is 10.0. The number of benzene rings is 1. The summed E-state index contributed by atoms with van der Waals surface area (Å²) in [5.74, 6) is 0.621. The molecule has 1 N–H and O–H groups in total. The second-order valence-electron chi connectivity index (χ2n) is 5.20. The zero-order chi connectivity index (χ0) is 15.3. The molecule has 4 rings (SSSR count).